The highest BCUT2D eigenvalue weighted by atomic mass is 16.3. The van der Waals surface area contributed by atoms with E-state index in [2.05, 4.69) is 18.1 Å². The van der Waals surface area contributed by atoms with E-state index in [0.717, 1.165) is 31.0 Å². The molecule has 100 valence electrons. The van der Waals surface area contributed by atoms with Gasteiger partial charge in [-0.05, 0) is 30.7 Å². The molecule has 19 heavy (non-hydrogen) atoms. The second-order valence-electron chi connectivity index (χ2n) is 4.35. The normalized spacial score (nSPS) is 12.5. The largest absolute Gasteiger partial charge is 0.468 e. The van der Waals surface area contributed by atoms with Gasteiger partial charge >= 0.3 is 0 Å². The van der Waals surface area contributed by atoms with Crippen molar-refractivity contribution in [3.05, 3.63) is 73.6 Å². The van der Waals surface area contributed by atoms with Gasteiger partial charge in [0.25, 0.3) is 0 Å². The van der Waals surface area contributed by atoms with Crippen LogP contribution in [0.3, 0.4) is 0 Å². The van der Waals surface area contributed by atoms with Crippen molar-refractivity contribution in [2.75, 3.05) is 6.54 Å². The quantitative estimate of drug-likeness (QED) is 0.664. The highest BCUT2D eigenvalue weighted by Crippen LogP contribution is 2.27. The summed E-state index contributed by atoms with van der Waals surface area (Å²) in [5, 5.41) is 0. The third-order valence-electron chi connectivity index (χ3n) is 3.00. The van der Waals surface area contributed by atoms with E-state index >= 15 is 0 Å². The topological polar surface area (TPSA) is 29.5 Å². The van der Waals surface area contributed by atoms with Crippen LogP contribution in [0.25, 0.3) is 0 Å². The summed E-state index contributed by atoms with van der Waals surface area (Å²) in [7, 11) is 0. The van der Waals surface area contributed by atoms with Gasteiger partial charge in [-0.3, -0.25) is 4.90 Å². The third kappa shape index (κ3) is 3.48. The van der Waals surface area contributed by atoms with Gasteiger partial charge in [-0.15, -0.1) is 13.2 Å². The van der Waals surface area contributed by atoms with Gasteiger partial charge in [0.1, 0.15) is 11.5 Å². The molecule has 0 saturated heterocycles. The predicted octanol–water partition coefficient (Wildman–Crippen LogP) is 4.18. The van der Waals surface area contributed by atoms with Gasteiger partial charge in [0, 0.05) is 6.54 Å². The molecule has 1 unspecified atom stereocenters. The van der Waals surface area contributed by atoms with Crippen LogP contribution >= 0.6 is 0 Å². The van der Waals surface area contributed by atoms with E-state index in [-0.39, 0.29) is 6.04 Å². The Kier molecular flexibility index (Phi) is 4.81. The van der Waals surface area contributed by atoms with Crippen LogP contribution in [0.1, 0.15) is 24.0 Å². The van der Waals surface area contributed by atoms with Crippen LogP contribution in [0.5, 0.6) is 0 Å². The zero-order valence-corrected chi connectivity index (χ0v) is 11.0. The van der Waals surface area contributed by atoms with Gasteiger partial charge in [0.05, 0.1) is 25.1 Å². The standard InChI is InChI=1S/C16H19NO2/c1-3-7-15(16-9-6-12-19-16)17(10-4-2)13-14-8-5-11-18-14/h3-6,8-9,11-12,15H,1-2,7,10,13H2. The van der Waals surface area contributed by atoms with Gasteiger partial charge in [-0.1, -0.05) is 12.2 Å². The van der Waals surface area contributed by atoms with E-state index < -0.39 is 0 Å². The fourth-order valence-electron chi connectivity index (χ4n) is 2.15. The molecular formula is C16H19NO2. The lowest BCUT2D eigenvalue weighted by Crippen LogP contribution is -2.28. The highest BCUT2D eigenvalue weighted by molar-refractivity contribution is 5.08. The maximum absolute atomic E-state index is 5.54. The van der Waals surface area contributed by atoms with E-state index in [4.69, 9.17) is 8.83 Å². The second-order valence-corrected chi connectivity index (χ2v) is 4.35. The van der Waals surface area contributed by atoms with Crippen molar-refractivity contribution in [1.82, 2.24) is 4.90 Å². The Morgan fingerprint density at radius 1 is 1.11 bits per heavy atom. The number of hydrogen-bond donors (Lipinski definition) is 0. The molecule has 0 saturated carbocycles. The van der Waals surface area contributed by atoms with E-state index in [1.165, 1.54) is 0 Å². The SMILES string of the molecule is C=CCC(c1ccco1)N(CC=C)Cc1ccco1. The molecule has 0 aliphatic heterocycles. The van der Waals surface area contributed by atoms with Crippen molar-refractivity contribution in [2.24, 2.45) is 0 Å². The third-order valence-corrected chi connectivity index (χ3v) is 3.00. The highest BCUT2D eigenvalue weighted by Gasteiger charge is 2.21. The minimum atomic E-state index is 0.149. The Morgan fingerprint density at radius 3 is 2.47 bits per heavy atom. The molecule has 0 spiro atoms. The molecule has 0 amide bonds. The lowest BCUT2D eigenvalue weighted by atomic mass is 10.1. The minimum Gasteiger partial charge on any atom is -0.468 e. The Balaban J connectivity index is 2.18. The molecule has 0 aliphatic rings. The molecule has 2 aromatic rings. The zero-order valence-electron chi connectivity index (χ0n) is 11.0. The molecule has 0 fully saturated rings. The fraction of sp³-hybridized carbons (Fsp3) is 0.250. The summed E-state index contributed by atoms with van der Waals surface area (Å²) < 4.78 is 11.0. The summed E-state index contributed by atoms with van der Waals surface area (Å²) in [6, 6.07) is 7.92. The first-order chi connectivity index (χ1) is 9.35. The molecule has 0 N–H and O–H groups in total. The van der Waals surface area contributed by atoms with Crippen molar-refractivity contribution < 1.29 is 8.83 Å². The van der Waals surface area contributed by atoms with Crippen molar-refractivity contribution in [3.8, 4) is 0 Å². The number of furan rings is 2. The van der Waals surface area contributed by atoms with Crippen LogP contribution in [-0.4, -0.2) is 11.4 Å². The lowest BCUT2D eigenvalue weighted by Gasteiger charge is -2.27. The Labute approximate surface area is 113 Å². The number of rotatable bonds is 8. The first kappa shape index (κ1) is 13.4. The Bertz CT molecular complexity index is 485. The second kappa shape index (κ2) is 6.81. The molecule has 3 heteroatoms. The summed E-state index contributed by atoms with van der Waals surface area (Å²) >= 11 is 0. The van der Waals surface area contributed by atoms with Crippen LogP contribution in [0, 0.1) is 0 Å². The molecule has 0 radical (unpaired) electrons. The first-order valence-corrected chi connectivity index (χ1v) is 6.36. The lowest BCUT2D eigenvalue weighted by molar-refractivity contribution is 0.173. The van der Waals surface area contributed by atoms with Crippen LogP contribution in [0.2, 0.25) is 0 Å². The zero-order chi connectivity index (χ0) is 13.5. The minimum absolute atomic E-state index is 0.149. The predicted molar refractivity (Wildman–Crippen MR) is 75.6 cm³/mol. The van der Waals surface area contributed by atoms with Crippen molar-refractivity contribution >= 4 is 0 Å². The molecule has 0 aromatic carbocycles. The maximum Gasteiger partial charge on any atom is 0.121 e. The van der Waals surface area contributed by atoms with Gasteiger partial charge in [0.2, 0.25) is 0 Å². The molecule has 3 nitrogen and oxygen atoms in total. The average molecular weight is 257 g/mol. The van der Waals surface area contributed by atoms with Crippen LogP contribution < -0.4 is 0 Å². The maximum atomic E-state index is 5.54. The molecular weight excluding hydrogens is 238 g/mol. The summed E-state index contributed by atoms with van der Waals surface area (Å²) in [6.45, 7) is 9.14. The van der Waals surface area contributed by atoms with Crippen LogP contribution in [0.15, 0.2) is 70.9 Å². The molecule has 2 rings (SSSR count). The van der Waals surface area contributed by atoms with Crippen LogP contribution in [0.4, 0.5) is 0 Å². The number of nitrogens with zero attached hydrogens (tertiary/aromatic N) is 1. The summed E-state index contributed by atoms with van der Waals surface area (Å²) in [5.74, 6) is 1.87. The van der Waals surface area contributed by atoms with Crippen molar-refractivity contribution in [1.29, 1.82) is 0 Å². The average Bonchev–Trinajstić information content (AvgIpc) is 3.08. The molecule has 0 aliphatic carbocycles. The van der Waals surface area contributed by atoms with Crippen LogP contribution in [-0.2, 0) is 6.54 Å². The first-order valence-electron chi connectivity index (χ1n) is 6.36. The molecule has 2 aromatic heterocycles. The monoisotopic (exact) mass is 257 g/mol. The molecule has 2 heterocycles. The smallest absolute Gasteiger partial charge is 0.121 e. The van der Waals surface area contributed by atoms with E-state index in [1.54, 1.807) is 12.5 Å². The van der Waals surface area contributed by atoms with Crippen molar-refractivity contribution in [3.63, 3.8) is 0 Å². The Hall–Kier alpha value is -2.00. The van der Waals surface area contributed by atoms with Gasteiger partial charge in [0.15, 0.2) is 0 Å². The summed E-state index contributed by atoms with van der Waals surface area (Å²) in [4.78, 5) is 2.26. The van der Waals surface area contributed by atoms with E-state index in [1.807, 2.05) is 36.4 Å². The van der Waals surface area contributed by atoms with Gasteiger partial charge < -0.3 is 8.83 Å². The van der Waals surface area contributed by atoms with E-state index in [9.17, 15) is 0 Å². The van der Waals surface area contributed by atoms with Crippen molar-refractivity contribution in [2.45, 2.75) is 19.0 Å². The fourth-order valence-corrected chi connectivity index (χ4v) is 2.15. The van der Waals surface area contributed by atoms with E-state index in [0.29, 0.717) is 0 Å². The Morgan fingerprint density at radius 2 is 1.89 bits per heavy atom. The number of hydrogen-bond acceptors (Lipinski definition) is 3. The molecule has 1 atom stereocenters. The van der Waals surface area contributed by atoms with Gasteiger partial charge in [-0.25, -0.2) is 0 Å². The summed E-state index contributed by atoms with van der Waals surface area (Å²) in [5.41, 5.74) is 0. The van der Waals surface area contributed by atoms with Gasteiger partial charge in [-0.2, -0.15) is 0 Å². The summed E-state index contributed by atoms with van der Waals surface area (Å²) in [6.07, 6.45) is 8.01. The molecule has 0 bridgehead atoms.